The van der Waals surface area contributed by atoms with Crippen molar-refractivity contribution in [3.63, 3.8) is 0 Å². The standard InChI is InChI=1S/C23H21ClN2O3/c1-14-17(8-7-16(12-25)22(14)24)13-26-19-9-10-20(18(19)11-21(26)27)29-23(28)15-5-3-2-4-6-15/h2-8,18-20H,9-11,13H2,1H3. The molecule has 6 heteroatoms. The van der Waals surface area contributed by atoms with Crippen LogP contribution in [0.25, 0.3) is 0 Å². The summed E-state index contributed by atoms with van der Waals surface area (Å²) in [7, 11) is 0. The van der Waals surface area contributed by atoms with Gasteiger partial charge in [0.15, 0.2) is 0 Å². The van der Waals surface area contributed by atoms with Crippen LogP contribution in [0.5, 0.6) is 0 Å². The zero-order valence-corrected chi connectivity index (χ0v) is 16.9. The third-order valence-corrected chi connectivity index (χ3v) is 6.56. The van der Waals surface area contributed by atoms with Crippen LogP contribution in [-0.4, -0.2) is 28.9 Å². The molecule has 2 aromatic rings. The highest BCUT2D eigenvalue weighted by Crippen LogP contribution is 2.41. The molecule has 3 unspecified atom stereocenters. The number of carbonyl (C=O) groups excluding carboxylic acids is 2. The van der Waals surface area contributed by atoms with Gasteiger partial charge in [0.25, 0.3) is 0 Å². The van der Waals surface area contributed by atoms with Crippen LogP contribution in [0.4, 0.5) is 0 Å². The molecular formula is C23H21ClN2O3. The molecule has 5 nitrogen and oxygen atoms in total. The van der Waals surface area contributed by atoms with E-state index in [4.69, 9.17) is 21.6 Å². The Balaban J connectivity index is 1.48. The SMILES string of the molecule is Cc1c(CN2C(=O)CC3C(OC(=O)c4ccccc4)CCC32)ccc(C#N)c1Cl. The van der Waals surface area contributed by atoms with Gasteiger partial charge >= 0.3 is 5.97 Å². The molecule has 2 aliphatic rings. The van der Waals surface area contributed by atoms with Gasteiger partial charge < -0.3 is 9.64 Å². The molecule has 1 aliphatic carbocycles. The summed E-state index contributed by atoms with van der Waals surface area (Å²) >= 11 is 6.29. The maximum atomic E-state index is 12.7. The summed E-state index contributed by atoms with van der Waals surface area (Å²) < 4.78 is 5.76. The van der Waals surface area contributed by atoms with Crippen LogP contribution < -0.4 is 0 Å². The Labute approximate surface area is 174 Å². The molecule has 1 heterocycles. The second-order valence-corrected chi connectivity index (χ2v) is 8.05. The summed E-state index contributed by atoms with van der Waals surface area (Å²) in [5.74, 6) is -0.249. The molecule has 29 heavy (non-hydrogen) atoms. The van der Waals surface area contributed by atoms with Crippen LogP contribution in [-0.2, 0) is 16.1 Å². The predicted molar refractivity (Wildman–Crippen MR) is 108 cm³/mol. The third-order valence-electron chi connectivity index (χ3n) is 6.08. The van der Waals surface area contributed by atoms with Crippen LogP contribution in [0, 0.1) is 24.2 Å². The van der Waals surface area contributed by atoms with E-state index in [1.165, 1.54) is 0 Å². The van der Waals surface area contributed by atoms with E-state index in [2.05, 4.69) is 6.07 Å². The summed E-state index contributed by atoms with van der Waals surface area (Å²) in [6.45, 7) is 2.33. The largest absolute Gasteiger partial charge is 0.458 e. The summed E-state index contributed by atoms with van der Waals surface area (Å²) in [5, 5.41) is 9.57. The maximum absolute atomic E-state index is 12.7. The molecule has 0 bridgehead atoms. The first-order chi connectivity index (χ1) is 14.0. The molecule has 0 spiro atoms. The number of benzene rings is 2. The highest BCUT2D eigenvalue weighted by Gasteiger charge is 2.49. The number of esters is 1. The van der Waals surface area contributed by atoms with Gasteiger partial charge in [0.05, 0.1) is 16.1 Å². The van der Waals surface area contributed by atoms with Gasteiger partial charge in [-0.1, -0.05) is 35.9 Å². The van der Waals surface area contributed by atoms with Crippen molar-refractivity contribution in [3.8, 4) is 6.07 Å². The monoisotopic (exact) mass is 408 g/mol. The van der Waals surface area contributed by atoms with E-state index in [-0.39, 0.29) is 29.9 Å². The molecule has 0 radical (unpaired) electrons. The average molecular weight is 409 g/mol. The van der Waals surface area contributed by atoms with Gasteiger partial charge in [-0.3, -0.25) is 4.79 Å². The molecule has 2 fully saturated rings. The highest BCUT2D eigenvalue weighted by atomic mass is 35.5. The number of likely N-dealkylation sites (tertiary alicyclic amines) is 1. The second-order valence-electron chi connectivity index (χ2n) is 7.67. The first-order valence-electron chi connectivity index (χ1n) is 9.73. The lowest BCUT2D eigenvalue weighted by atomic mass is 10.0. The molecule has 0 aromatic heterocycles. The molecule has 1 saturated heterocycles. The normalized spacial score (nSPS) is 23.0. The number of nitrogens with zero attached hydrogens (tertiary/aromatic N) is 2. The Morgan fingerprint density at radius 1 is 1.24 bits per heavy atom. The first-order valence-corrected chi connectivity index (χ1v) is 10.1. The summed E-state index contributed by atoms with van der Waals surface area (Å²) in [5.41, 5.74) is 2.73. The number of hydrogen-bond donors (Lipinski definition) is 0. The lowest BCUT2D eigenvalue weighted by Crippen LogP contribution is -2.34. The van der Waals surface area contributed by atoms with E-state index >= 15 is 0 Å². The van der Waals surface area contributed by atoms with Crippen molar-refractivity contribution >= 4 is 23.5 Å². The molecule has 1 amide bonds. The zero-order chi connectivity index (χ0) is 20.5. The first kappa shape index (κ1) is 19.5. The summed E-state index contributed by atoms with van der Waals surface area (Å²) in [6, 6.07) is 14.6. The van der Waals surface area contributed by atoms with Crippen molar-refractivity contribution in [2.24, 2.45) is 5.92 Å². The average Bonchev–Trinajstić information content (AvgIpc) is 3.25. The van der Waals surface area contributed by atoms with E-state index in [0.717, 1.165) is 24.0 Å². The molecule has 2 aromatic carbocycles. The maximum Gasteiger partial charge on any atom is 0.338 e. The van der Waals surface area contributed by atoms with Crippen molar-refractivity contribution in [3.05, 3.63) is 69.7 Å². The van der Waals surface area contributed by atoms with Crippen molar-refractivity contribution in [1.29, 1.82) is 5.26 Å². The second kappa shape index (κ2) is 7.88. The Kier molecular flexibility index (Phi) is 5.29. The number of amides is 1. The highest BCUT2D eigenvalue weighted by molar-refractivity contribution is 6.32. The molecule has 4 rings (SSSR count). The number of nitriles is 1. The predicted octanol–water partition coefficient (Wildman–Crippen LogP) is 4.26. The van der Waals surface area contributed by atoms with Gasteiger partial charge in [0.1, 0.15) is 12.2 Å². The van der Waals surface area contributed by atoms with Gasteiger partial charge in [-0.05, 0) is 49.1 Å². The van der Waals surface area contributed by atoms with Crippen LogP contribution in [0.15, 0.2) is 42.5 Å². The van der Waals surface area contributed by atoms with E-state index in [0.29, 0.717) is 29.1 Å². The Morgan fingerprint density at radius 2 is 2.00 bits per heavy atom. The topological polar surface area (TPSA) is 70.4 Å². The fourth-order valence-electron chi connectivity index (χ4n) is 4.47. The lowest BCUT2D eigenvalue weighted by Gasteiger charge is -2.25. The smallest absolute Gasteiger partial charge is 0.338 e. The van der Waals surface area contributed by atoms with Crippen LogP contribution in [0.3, 0.4) is 0 Å². The van der Waals surface area contributed by atoms with Gasteiger partial charge in [-0.25, -0.2) is 4.79 Å². The number of halogens is 1. The van der Waals surface area contributed by atoms with E-state index in [1.807, 2.05) is 24.0 Å². The van der Waals surface area contributed by atoms with Crippen LogP contribution in [0.1, 0.15) is 46.3 Å². The van der Waals surface area contributed by atoms with Crippen molar-refractivity contribution in [2.45, 2.75) is 44.9 Å². The Morgan fingerprint density at radius 3 is 2.72 bits per heavy atom. The van der Waals surface area contributed by atoms with Crippen LogP contribution in [0.2, 0.25) is 5.02 Å². The fraction of sp³-hybridized carbons (Fsp3) is 0.348. The molecule has 0 N–H and O–H groups in total. The molecule has 1 aliphatic heterocycles. The molecule has 1 saturated carbocycles. The number of carbonyl (C=O) groups is 2. The van der Waals surface area contributed by atoms with Gasteiger partial charge in [-0.15, -0.1) is 0 Å². The van der Waals surface area contributed by atoms with Crippen LogP contribution >= 0.6 is 11.6 Å². The Hall–Kier alpha value is -2.84. The minimum absolute atomic E-state index is 0.0179. The molecular weight excluding hydrogens is 388 g/mol. The lowest BCUT2D eigenvalue weighted by molar-refractivity contribution is -0.129. The number of ether oxygens (including phenoxy) is 1. The summed E-state index contributed by atoms with van der Waals surface area (Å²) in [4.78, 5) is 27.0. The quantitative estimate of drug-likeness (QED) is 0.709. The van der Waals surface area contributed by atoms with Gasteiger partial charge in [0.2, 0.25) is 5.91 Å². The van der Waals surface area contributed by atoms with Crippen molar-refractivity contribution in [1.82, 2.24) is 4.90 Å². The fourth-order valence-corrected chi connectivity index (χ4v) is 4.69. The van der Waals surface area contributed by atoms with E-state index in [9.17, 15) is 9.59 Å². The summed E-state index contributed by atoms with van der Waals surface area (Å²) in [6.07, 6.45) is 1.71. The number of rotatable bonds is 4. The van der Waals surface area contributed by atoms with Gasteiger partial charge in [0, 0.05) is 24.9 Å². The minimum Gasteiger partial charge on any atom is -0.458 e. The van der Waals surface area contributed by atoms with Crippen molar-refractivity contribution < 1.29 is 14.3 Å². The molecule has 148 valence electrons. The van der Waals surface area contributed by atoms with Crippen molar-refractivity contribution in [2.75, 3.05) is 0 Å². The number of fused-ring (bicyclic) bond motifs is 1. The third kappa shape index (κ3) is 3.61. The molecule has 3 atom stereocenters. The zero-order valence-electron chi connectivity index (χ0n) is 16.1. The Bertz CT molecular complexity index is 999. The number of hydrogen-bond acceptors (Lipinski definition) is 4. The minimum atomic E-state index is -0.336. The van der Waals surface area contributed by atoms with E-state index in [1.54, 1.807) is 30.3 Å². The van der Waals surface area contributed by atoms with Gasteiger partial charge in [-0.2, -0.15) is 5.26 Å². The van der Waals surface area contributed by atoms with E-state index < -0.39 is 0 Å².